The Kier molecular flexibility index (Phi) is 7.47. The summed E-state index contributed by atoms with van der Waals surface area (Å²) in [4.78, 5) is 36.9. The van der Waals surface area contributed by atoms with Gasteiger partial charge in [-0.05, 0) is 31.0 Å². The molecule has 3 aromatic carbocycles. The number of carbonyl (C=O) groups excluding carboxylic acids is 2. The van der Waals surface area contributed by atoms with Crippen molar-refractivity contribution in [2.24, 2.45) is 5.41 Å². The molecule has 0 aliphatic rings. The number of rotatable bonds is 9. The lowest BCUT2D eigenvalue weighted by atomic mass is 9.81. The van der Waals surface area contributed by atoms with E-state index < -0.39 is 22.2 Å². The first-order valence-corrected chi connectivity index (χ1v) is 10.5. The first-order valence-electron chi connectivity index (χ1n) is 10.5. The van der Waals surface area contributed by atoms with E-state index >= 15 is 0 Å². The first kappa shape index (κ1) is 24.2. The Hall–Kier alpha value is -4.40. The van der Waals surface area contributed by atoms with Crippen molar-refractivity contribution in [2.45, 2.75) is 26.4 Å². The van der Waals surface area contributed by atoms with Crippen molar-refractivity contribution in [1.82, 2.24) is 10.6 Å². The molecule has 3 aromatic rings. The summed E-state index contributed by atoms with van der Waals surface area (Å²) in [7, 11) is 0. The zero-order chi connectivity index (χ0) is 24.7. The van der Waals surface area contributed by atoms with Gasteiger partial charge in [0.2, 0.25) is 11.8 Å². The van der Waals surface area contributed by atoms with E-state index in [0.717, 1.165) is 0 Å². The zero-order valence-corrected chi connectivity index (χ0v) is 18.5. The van der Waals surface area contributed by atoms with Crippen LogP contribution < -0.4 is 10.6 Å². The molecule has 0 atom stereocenters. The monoisotopic (exact) mass is 463 g/mol. The number of phenolic OH excluding ortho intramolecular Hbond substituents is 2. The number of nitrogens with zero attached hydrogens (tertiary/aromatic N) is 1. The van der Waals surface area contributed by atoms with Crippen LogP contribution in [0.25, 0.3) is 0 Å². The molecule has 34 heavy (non-hydrogen) atoms. The second-order valence-electron chi connectivity index (χ2n) is 8.06. The number of non-ortho nitro benzene ring substituents is 1. The summed E-state index contributed by atoms with van der Waals surface area (Å²) in [6.45, 7) is 1.50. The minimum absolute atomic E-state index is 0.00805. The molecule has 0 fully saturated rings. The lowest BCUT2D eigenvalue weighted by Crippen LogP contribution is -2.50. The maximum absolute atomic E-state index is 13.2. The SMILES string of the molecule is CC(Cc1ccc([N+](=O)[O-])cc1)(C(=O)NCc1ccccc1O)C(=O)NCc1ccccc1O. The Morgan fingerprint density at radius 2 is 1.26 bits per heavy atom. The molecule has 0 heterocycles. The largest absolute Gasteiger partial charge is 0.508 e. The maximum atomic E-state index is 13.2. The van der Waals surface area contributed by atoms with Crippen molar-refractivity contribution in [3.63, 3.8) is 0 Å². The van der Waals surface area contributed by atoms with Crippen LogP contribution in [0.4, 0.5) is 5.69 Å². The molecule has 0 aliphatic heterocycles. The van der Waals surface area contributed by atoms with Gasteiger partial charge in [-0.25, -0.2) is 0 Å². The number of phenols is 2. The van der Waals surface area contributed by atoms with E-state index in [4.69, 9.17) is 0 Å². The Labute approximate surface area is 196 Å². The summed E-state index contributed by atoms with van der Waals surface area (Å²) in [6.07, 6.45) is -0.0236. The van der Waals surface area contributed by atoms with Crippen LogP contribution in [0.2, 0.25) is 0 Å². The number of amides is 2. The van der Waals surface area contributed by atoms with Crippen molar-refractivity contribution in [3.8, 4) is 11.5 Å². The number of aromatic hydroxyl groups is 2. The fourth-order valence-electron chi connectivity index (χ4n) is 3.47. The average Bonchev–Trinajstić information content (AvgIpc) is 2.82. The second-order valence-corrected chi connectivity index (χ2v) is 8.06. The summed E-state index contributed by atoms with van der Waals surface area (Å²) in [5, 5.41) is 36.3. The van der Waals surface area contributed by atoms with Crippen LogP contribution in [-0.4, -0.2) is 27.0 Å². The zero-order valence-electron chi connectivity index (χ0n) is 18.5. The molecule has 0 aliphatic carbocycles. The molecule has 9 nitrogen and oxygen atoms in total. The second kappa shape index (κ2) is 10.5. The molecule has 9 heteroatoms. The molecule has 0 aromatic heterocycles. The summed E-state index contributed by atoms with van der Waals surface area (Å²) in [5.74, 6) is -1.12. The van der Waals surface area contributed by atoms with Gasteiger partial charge in [0.25, 0.3) is 5.69 Å². The number of para-hydroxylation sites is 2. The van der Waals surface area contributed by atoms with E-state index in [9.17, 15) is 29.9 Å². The molecular weight excluding hydrogens is 438 g/mol. The van der Waals surface area contributed by atoms with E-state index in [0.29, 0.717) is 16.7 Å². The van der Waals surface area contributed by atoms with Gasteiger partial charge in [0.1, 0.15) is 16.9 Å². The highest BCUT2D eigenvalue weighted by Crippen LogP contribution is 2.26. The van der Waals surface area contributed by atoms with E-state index in [1.165, 1.54) is 43.3 Å². The Balaban J connectivity index is 1.82. The van der Waals surface area contributed by atoms with Crippen LogP contribution in [0.15, 0.2) is 72.8 Å². The molecule has 0 unspecified atom stereocenters. The molecule has 0 spiro atoms. The van der Waals surface area contributed by atoms with Gasteiger partial charge in [0.15, 0.2) is 0 Å². The van der Waals surface area contributed by atoms with Gasteiger partial charge >= 0.3 is 0 Å². The minimum Gasteiger partial charge on any atom is -0.508 e. The van der Waals surface area contributed by atoms with Crippen molar-refractivity contribution >= 4 is 17.5 Å². The third-order valence-electron chi connectivity index (χ3n) is 5.57. The van der Waals surface area contributed by atoms with Crippen molar-refractivity contribution in [3.05, 3.63) is 99.6 Å². The van der Waals surface area contributed by atoms with Crippen LogP contribution in [0.5, 0.6) is 11.5 Å². The van der Waals surface area contributed by atoms with Gasteiger partial charge in [0.05, 0.1) is 4.92 Å². The van der Waals surface area contributed by atoms with Gasteiger partial charge in [-0.3, -0.25) is 19.7 Å². The predicted molar refractivity (Wildman–Crippen MR) is 125 cm³/mol. The van der Waals surface area contributed by atoms with E-state index in [-0.39, 0.29) is 36.7 Å². The fourth-order valence-corrected chi connectivity index (χ4v) is 3.47. The normalized spacial score (nSPS) is 11.0. The summed E-state index contributed by atoms with van der Waals surface area (Å²) < 4.78 is 0. The molecular formula is C25H25N3O6. The number of nitrogens with one attached hydrogen (secondary N) is 2. The number of hydrogen-bond acceptors (Lipinski definition) is 6. The smallest absolute Gasteiger partial charge is 0.269 e. The van der Waals surface area contributed by atoms with E-state index in [2.05, 4.69) is 10.6 Å². The van der Waals surface area contributed by atoms with Crippen molar-refractivity contribution in [2.75, 3.05) is 0 Å². The minimum atomic E-state index is -1.58. The van der Waals surface area contributed by atoms with Crippen LogP contribution in [0.1, 0.15) is 23.6 Å². The van der Waals surface area contributed by atoms with Gasteiger partial charge in [-0.1, -0.05) is 48.5 Å². The van der Waals surface area contributed by atoms with E-state index in [1.54, 1.807) is 36.4 Å². The summed E-state index contributed by atoms with van der Waals surface area (Å²) >= 11 is 0. The third kappa shape index (κ3) is 5.69. The first-order chi connectivity index (χ1) is 16.2. The molecule has 4 N–H and O–H groups in total. The molecule has 0 saturated heterocycles. The van der Waals surface area contributed by atoms with Crippen LogP contribution in [0.3, 0.4) is 0 Å². The van der Waals surface area contributed by atoms with Gasteiger partial charge in [-0.15, -0.1) is 0 Å². The molecule has 0 bridgehead atoms. The Bertz CT molecular complexity index is 1130. The third-order valence-corrected chi connectivity index (χ3v) is 5.57. The number of carbonyl (C=O) groups is 2. The highest BCUT2D eigenvalue weighted by molar-refractivity contribution is 6.05. The number of nitro benzene ring substituents is 1. The standard InChI is InChI=1S/C25H25N3O6/c1-25(14-17-10-12-20(13-11-17)28(33)34,23(31)26-15-18-6-2-4-8-21(18)29)24(32)27-16-19-7-3-5-9-22(19)30/h2-13,29-30H,14-16H2,1H3,(H,26,31)(H,27,32). The van der Waals surface area contributed by atoms with Gasteiger partial charge < -0.3 is 20.8 Å². The topological polar surface area (TPSA) is 142 Å². The quantitative estimate of drug-likeness (QED) is 0.218. The Morgan fingerprint density at radius 1 is 0.824 bits per heavy atom. The predicted octanol–water partition coefficient (Wildman–Crippen LogP) is 3.19. The fraction of sp³-hybridized carbons (Fsp3) is 0.200. The van der Waals surface area contributed by atoms with Crippen molar-refractivity contribution < 1.29 is 24.7 Å². The molecule has 0 radical (unpaired) electrons. The lowest BCUT2D eigenvalue weighted by molar-refractivity contribution is -0.384. The number of hydrogen-bond donors (Lipinski definition) is 4. The van der Waals surface area contributed by atoms with Crippen LogP contribution in [-0.2, 0) is 29.1 Å². The highest BCUT2D eigenvalue weighted by Gasteiger charge is 2.41. The highest BCUT2D eigenvalue weighted by atomic mass is 16.6. The van der Waals surface area contributed by atoms with Gasteiger partial charge in [-0.2, -0.15) is 0 Å². The Morgan fingerprint density at radius 3 is 1.68 bits per heavy atom. The summed E-state index contributed by atoms with van der Waals surface area (Å²) in [5.41, 5.74) is -0.140. The number of nitro groups is 1. The van der Waals surface area contributed by atoms with Crippen LogP contribution in [0, 0.1) is 15.5 Å². The lowest BCUT2D eigenvalue weighted by Gasteiger charge is -2.27. The molecule has 176 valence electrons. The van der Waals surface area contributed by atoms with Crippen molar-refractivity contribution in [1.29, 1.82) is 0 Å². The molecule has 0 saturated carbocycles. The maximum Gasteiger partial charge on any atom is 0.269 e. The number of benzene rings is 3. The molecule has 2 amide bonds. The molecule has 3 rings (SSSR count). The van der Waals surface area contributed by atoms with Gasteiger partial charge in [0, 0.05) is 36.3 Å². The summed E-state index contributed by atoms with van der Waals surface area (Å²) in [6, 6.07) is 18.7. The average molecular weight is 463 g/mol. The van der Waals surface area contributed by atoms with E-state index in [1.807, 2.05) is 0 Å². The van der Waals surface area contributed by atoms with Crippen LogP contribution >= 0.6 is 0 Å².